The van der Waals surface area contributed by atoms with Gasteiger partial charge >= 0.3 is 0 Å². The third-order valence-corrected chi connectivity index (χ3v) is 4.27. The average Bonchev–Trinajstić information content (AvgIpc) is 3.19. The highest BCUT2D eigenvalue weighted by atomic mass is 16.5. The van der Waals surface area contributed by atoms with Gasteiger partial charge in [0.05, 0.1) is 12.5 Å². The van der Waals surface area contributed by atoms with Gasteiger partial charge in [0.1, 0.15) is 5.75 Å². The number of amides is 2. The van der Waals surface area contributed by atoms with Crippen LogP contribution in [-0.4, -0.2) is 31.5 Å². The zero-order valence-corrected chi connectivity index (χ0v) is 14.7. The molecule has 1 saturated heterocycles. The summed E-state index contributed by atoms with van der Waals surface area (Å²) in [7, 11) is 0. The summed E-state index contributed by atoms with van der Waals surface area (Å²) in [4.78, 5) is 24.4. The lowest BCUT2D eigenvalue weighted by Gasteiger charge is -2.11. The van der Waals surface area contributed by atoms with Crippen molar-refractivity contribution in [3.8, 4) is 5.75 Å². The van der Waals surface area contributed by atoms with Crippen LogP contribution in [0.3, 0.4) is 0 Å². The van der Waals surface area contributed by atoms with Gasteiger partial charge in [0.2, 0.25) is 5.91 Å². The van der Waals surface area contributed by atoms with Crippen molar-refractivity contribution in [2.75, 3.05) is 30.3 Å². The summed E-state index contributed by atoms with van der Waals surface area (Å²) in [6, 6.07) is 14.1. The largest absolute Gasteiger partial charge is 0.494 e. The van der Waals surface area contributed by atoms with E-state index in [2.05, 4.69) is 16.0 Å². The Kier molecular flexibility index (Phi) is 5.86. The van der Waals surface area contributed by atoms with Crippen molar-refractivity contribution in [1.29, 1.82) is 0 Å². The van der Waals surface area contributed by atoms with Gasteiger partial charge in [0.15, 0.2) is 0 Å². The second kappa shape index (κ2) is 8.49. The van der Waals surface area contributed by atoms with E-state index in [1.165, 1.54) is 0 Å². The van der Waals surface area contributed by atoms with E-state index in [-0.39, 0.29) is 17.7 Å². The maximum absolute atomic E-state index is 12.3. The summed E-state index contributed by atoms with van der Waals surface area (Å²) in [5.41, 5.74) is 1.92. The predicted octanol–water partition coefficient (Wildman–Crippen LogP) is 2.89. The number of nitrogens with one attached hydrogen (secondary N) is 3. The number of ether oxygens (including phenoxy) is 1. The SMILES string of the molecule is CCOc1ccc(NC(=O)c2ccc(NC(=O)C3CCNC3)cc2)cc1. The first-order valence-corrected chi connectivity index (χ1v) is 8.81. The van der Waals surface area contributed by atoms with E-state index in [0.29, 0.717) is 30.1 Å². The molecule has 2 aromatic carbocycles. The molecule has 0 aliphatic carbocycles. The molecule has 0 spiro atoms. The van der Waals surface area contributed by atoms with Crippen LogP contribution in [0, 0.1) is 5.92 Å². The molecule has 0 bridgehead atoms. The third-order valence-electron chi connectivity index (χ3n) is 4.27. The van der Waals surface area contributed by atoms with Crippen LogP contribution < -0.4 is 20.7 Å². The molecule has 1 aliphatic heterocycles. The van der Waals surface area contributed by atoms with Crippen LogP contribution in [0.25, 0.3) is 0 Å². The average molecular weight is 353 g/mol. The molecular weight excluding hydrogens is 330 g/mol. The normalized spacial score (nSPS) is 16.1. The van der Waals surface area contributed by atoms with Crippen LogP contribution in [0.5, 0.6) is 5.75 Å². The summed E-state index contributed by atoms with van der Waals surface area (Å²) in [6.07, 6.45) is 0.856. The van der Waals surface area contributed by atoms with Gasteiger partial charge in [-0.1, -0.05) is 0 Å². The third kappa shape index (κ3) is 4.61. The zero-order valence-electron chi connectivity index (χ0n) is 14.7. The number of hydrogen-bond donors (Lipinski definition) is 3. The first kappa shape index (κ1) is 17.9. The Hall–Kier alpha value is -2.86. The summed E-state index contributed by atoms with van der Waals surface area (Å²) < 4.78 is 5.38. The van der Waals surface area contributed by atoms with Gasteiger partial charge in [-0.15, -0.1) is 0 Å². The van der Waals surface area contributed by atoms with E-state index in [0.717, 1.165) is 18.7 Å². The maximum atomic E-state index is 12.3. The first-order valence-electron chi connectivity index (χ1n) is 8.81. The molecule has 6 heteroatoms. The molecule has 136 valence electrons. The number of hydrogen-bond acceptors (Lipinski definition) is 4. The highest BCUT2D eigenvalue weighted by molar-refractivity contribution is 6.04. The van der Waals surface area contributed by atoms with E-state index >= 15 is 0 Å². The van der Waals surface area contributed by atoms with Gasteiger partial charge in [0.25, 0.3) is 5.91 Å². The fraction of sp³-hybridized carbons (Fsp3) is 0.300. The smallest absolute Gasteiger partial charge is 0.255 e. The quantitative estimate of drug-likeness (QED) is 0.746. The number of carbonyl (C=O) groups excluding carboxylic acids is 2. The molecule has 3 N–H and O–H groups in total. The van der Waals surface area contributed by atoms with Crippen molar-refractivity contribution < 1.29 is 14.3 Å². The van der Waals surface area contributed by atoms with Crippen LogP contribution in [0.4, 0.5) is 11.4 Å². The summed E-state index contributed by atoms with van der Waals surface area (Å²) in [5.74, 6) is 0.592. The predicted molar refractivity (Wildman–Crippen MR) is 102 cm³/mol. The number of rotatable bonds is 6. The second-order valence-corrected chi connectivity index (χ2v) is 6.17. The minimum atomic E-state index is -0.202. The Bertz CT molecular complexity index is 751. The zero-order chi connectivity index (χ0) is 18.4. The van der Waals surface area contributed by atoms with Gasteiger partial charge in [-0.2, -0.15) is 0 Å². The lowest BCUT2D eigenvalue weighted by Crippen LogP contribution is -2.24. The van der Waals surface area contributed by atoms with Gasteiger partial charge in [-0.3, -0.25) is 9.59 Å². The van der Waals surface area contributed by atoms with Crippen molar-refractivity contribution in [2.45, 2.75) is 13.3 Å². The lowest BCUT2D eigenvalue weighted by atomic mass is 10.1. The van der Waals surface area contributed by atoms with Crippen molar-refractivity contribution >= 4 is 23.2 Å². The Morgan fingerprint density at radius 3 is 2.31 bits per heavy atom. The highest BCUT2D eigenvalue weighted by Gasteiger charge is 2.22. The number of benzene rings is 2. The second-order valence-electron chi connectivity index (χ2n) is 6.17. The topological polar surface area (TPSA) is 79.5 Å². The summed E-state index contributed by atoms with van der Waals surface area (Å²) in [6.45, 7) is 4.12. The first-order chi connectivity index (χ1) is 12.7. The molecule has 6 nitrogen and oxygen atoms in total. The molecule has 1 unspecified atom stereocenters. The van der Waals surface area contributed by atoms with Gasteiger partial charge in [-0.05, 0) is 68.4 Å². The van der Waals surface area contributed by atoms with E-state index in [4.69, 9.17) is 4.74 Å². The molecule has 2 amide bonds. The molecule has 1 heterocycles. The van der Waals surface area contributed by atoms with Crippen LogP contribution in [-0.2, 0) is 4.79 Å². The summed E-state index contributed by atoms with van der Waals surface area (Å²) >= 11 is 0. The number of carbonyl (C=O) groups is 2. The molecule has 1 fully saturated rings. The molecular formula is C20H23N3O3. The van der Waals surface area contributed by atoms with Gasteiger partial charge in [-0.25, -0.2) is 0 Å². The Balaban J connectivity index is 1.57. The summed E-state index contributed by atoms with van der Waals surface area (Å²) in [5, 5.41) is 8.91. The van der Waals surface area contributed by atoms with Gasteiger partial charge in [0, 0.05) is 23.5 Å². The Morgan fingerprint density at radius 2 is 1.69 bits per heavy atom. The lowest BCUT2D eigenvalue weighted by molar-refractivity contribution is -0.119. The van der Waals surface area contributed by atoms with E-state index in [1.54, 1.807) is 36.4 Å². The Labute approximate surface area is 152 Å². The molecule has 0 radical (unpaired) electrons. The minimum absolute atomic E-state index is 0.0117. The molecule has 1 atom stereocenters. The van der Waals surface area contributed by atoms with Crippen molar-refractivity contribution in [2.24, 2.45) is 5.92 Å². The Morgan fingerprint density at radius 1 is 1.04 bits per heavy atom. The minimum Gasteiger partial charge on any atom is -0.494 e. The van der Waals surface area contributed by atoms with Gasteiger partial charge < -0.3 is 20.7 Å². The van der Waals surface area contributed by atoms with Crippen molar-refractivity contribution in [1.82, 2.24) is 5.32 Å². The van der Waals surface area contributed by atoms with E-state index in [1.807, 2.05) is 19.1 Å². The van der Waals surface area contributed by atoms with Crippen LogP contribution >= 0.6 is 0 Å². The van der Waals surface area contributed by atoms with Crippen molar-refractivity contribution in [3.05, 3.63) is 54.1 Å². The van der Waals surface area contributed by atoms with E-state index < -0.39 is 0 Å². The molecule has 26 heavy (non-hydrogen) atoms. The maximum Gasteiger partial charge on any atom is 0.255 e. The van der Waals surface area contributed by atoms with E-state index in [9.17, 15) is 9.59 Å². The molecule has 1 aliphatic rings. The molecule has 2 aromatic rings. The highest BCUT2D eigenvalue weighted by Crippen LogP contribution is 2.18. The standard InChI is InChI=1S/C20H23N3O3/c1-2-26-18-9-7-17(8-10-18)22-19(24)14-3-5-16(6-4-14)23-20(25)15-11-12-21-13-15/h3-10,15,21H,2,11-13H2,1H3,(H,22,24)(H,23,25). The molecule has 3 rings (SSSR count). The van der Waals surface area contributed by atoms with Crippen molar-refractivity contribution in [3.63, 3.8) is 0 Å². The fourth-order valence-electron chi connectivity index (χ4n) is 2.83. The molecule has 0 saturated carbocycles. The number of anilines is 2. The van der Waals surface area contributed by atoms with Crippen LogP contribution in [0.15, 0.2) is 48.5 Å². The monoisotopic (exact) mass is 353 g/mol. The van der Waals surface area contributed by atoms with Crippen LogP contribution in [0.2, 0.25) is 0 Å². The molecule has 0 aromatic heterocycles. The fourth-order valence-corrected chi connectivity index (χ4v) is 2.83. The van der Waals surface area contributed by atoms with Crippen LogP contribution in [0.1, 0.15) is 23.7 Å².